The van der Waals surface area contributed by atoms with E-state index >= 15 is 0 Å². The number of hydrogen-bond acceptors (Lipinski definition) is 4. The van der Waals surface area contributed by atoms with Crippen molar-refractivity contribution in [2.75, 3.05) is 7.11 Å². The van der Waals surface area contributed by atoms with Crippen LogP contribution in [0.5, 0.6) is 0 Å². The van der Waals surface area contributed by atoms with Gasteiger partial charge >= 0.3 is 5.97 Å². The maximum atomic E-state index is 14.9. The van der Waals surface area contributed by atoms with E-state index in [0.29, 0.717) is 5.56 Å². The summed E-state index contributed by atoms with van der Waals surface area (Å²) in [5.41, 5.74) is 4.40. The molecule has 0 radical (unpaired) electrons. The first-order chi connectivity index (χ1) is 10.7. The lowest BCUT2D eigenvalue weighted by molar-refractivity contribution is -0.142. The minimum Gasteiger partial charge on any atom is -0.464 e. The summed E-state index contributed by atoms with van der Waals surface area (Å²) < 4.78 is 34.5. The maximum absolute atomic E-state index is 14.9. The lowest BCUT2D eigenvalue weighted by atomic mass is 9.81. The zero-order valence-electron chi connectivity index (χ0n) is 13.3. The lowest BCUT2D eigenvalue weighted by Crippen LogP contribution is -2.40. The summed E-state index contributed by atoms with van der Waals surface area (Å²) in [6.45, 7) is 6.57. The fourth-order valence-corrected chi connectivity index (χ4v) is 3.13. The molecule has 0 heterocycles. The molecule has 0 saturated heterocycles. The molecule has 0 aromatic heterocycles. The first-order valence-electron chi connectivity index (χ1n) is 7.12. The quantitative estimate of drug-likeness (QED) is 0.683. The Bertz CT molecular complexity index is 668. The highest BCUT2D eigenvalue weighted by Crippen LogP contribution is 2.61. The summed E-state index contributed by atoms with van der Waals surface area (Å²) in [4.78, 5) is 13.3. The van der Waals surface area contributed by atoms with E-state index in [4.69, 9.17) is 5.73 Å². The molecule has 2 rings (SSSR count). The fraction of sp³-hybridized carbons (Fsp3) is 0.353. The highest BCUT2D eigenvalue weighted by atomic mass is 19.3. The molecular weight excluding hydrogens is 302 g/mol. The van der Waals surface area contributed by atoms with Gasteiger partial charge in [0.1, 0.15) is 5.70 Å². The second kappa shape index (κ2) is 5.68. The molecule has 0 saturated carbocycles. The molecule has 6 heteroatoms. The summed E-state index contributed by atoms with van der Waals surface area (Å²) in [6.07, 6.45) is 2.36. The summed E-state index contributed by atoms with van der Waals surface area (Å²) in [7, 11) is 1.20. The molecule has 0 fully saturated rings. The van der Waals surface area contributed by atoms with Gasteiger partial charge in [0, 0.05) is 11.8 Å². The number of hydrogen-bond donors (Lipinski definition) is 1. The third-order valence-electron chi connectivity index (χ3n) is 4.39. The van der Waals surface area contributed by atoms with Crippen molar-refractivity contribution >= 4 is 5.97 Å². The molecule has 1 unspecified atom stereocenters. The van der Waals surface area contributed by atoms with Crippen molar-refractivity contribution in [1.29, 1.82) is 0 Å². The average molecular weight is 322 g/mol. The number of fused-ring (bicyclic) bond motifs is 1. The summed E-state index contributed by atoms with van der Waals surface area (Å²) in [5, 5.41) is 0. The van der Waals surface area contributed by atoms with Crippen LogP contribution >= 0.6 is 0 Å². The minimum absolute atomic E-state index is 0.0342. The maximum Gasteiger partial charge on any atom is 0.356 e. The first kappa shape index (κ1) is 17.0. The molecule has 1 aromatic carbocycles. The highest BCUT2D eigenvalue weighted by molar-refractivity contribution is 5.88. The van der Waals surface area contributed by atoms with E-state index in [9.17, 15) is 13.6 Å². The molecule has 1 aliphatic rings. The minimum atomic E-state index is -3.06. The SMILES string of the molecule is C=CN(/C(=C\N)C(=O)OC)C1c2ccccc2C(F)(F)C1(C)C. The van der Waals surface area contributed by atoms with Crippen molar-refractivity contribution in [3.63, 3.8) is 0 Å². The van der Waals surface area contributed by atoms with Crippen LogP contribution < -0.4 is 5.73 Å². The predicted molar refractivity (Wildman–Crippen MR) is 83.2 cm³/mol. The van der Waals surface area contributed by atoms with E-state index in [0.717, 1.165) is 6.20 Å². The van der Waals surface area contributed by atoms with Crippen LogP contribution in [0.25, 0.3) is 0 Å². The second-order valence-corrected chi connectivity index (χ2v) is 5.92. The van der Waals surface area contributed by atoms with Crippen molar-refractivity contribution < 1.29 is 18.3 Å². The van der Waals surface area contributed by atoms with Gasteiger partial charge in [-0.05, 0) is 11.8 Å². The van der Waals surface area contributed by atoms with Crippen LogP contribution in [0.15, 0.2) is 48.9 Å². The Morgan fingerprint density at radius 1 is 1.39 bits per heavy atom. The molecule has 0 amide bonds. The molecule has 23 heavy (non-hydrogen) atoms. The third-order valence-corrected chi connectivity index (χ3v) is 4.39. The van der Waals surface area contributed by atoms with Crippen molar-refractivity contribution in [2.24, 2.45) is 11.1 Å². The standard InChI is InChI=1S/C17H20F2N2O2/c1-5-21(13(10-20)15(22)23-4)14-11-8-6-7-9-12(11)17(18,19)16(14,2)3/h5-10,14H,1,20H2,2-4H3/b13-10-. The van der Waals surface area contributed by atoms with Crippen LogP contribution in [-0.4, -0.2) is 18.0 Å². The van der Waals surface area contributed by atoms with E-state index in [1.165, 1.54) is 38.1 Å². The Morgan fingerprint density at radius 2 is 2.00 bits per heavy atom. The Hall–Kier alpha value is -2.37. The number of benzene rings is 1. The van der Waals surface area contributed by atoms with Gasteiger partial charge in [-0.3, -0.25) is 0 Å². The van der Waals surface area contributed by atoms with Gasteiger partial charge in [-0.25, -0.2) is 13.6 Å². The zero-order valence-corrected chi connectivity index (χ0v) is 13.3. The largest absolute Gasteiger partial charge is 0.464 e. The normalized spacial score (nSPS) is 21.4. The Morgan fingerprint density at radius 3 is 2.52 bits per heavy atom. The number of halogens is 2. The van der Waals surface area contributed by atoms with Gasteiger partial charge in [-0.15, -0.1) is 0 Å². The first-order valence-corrected chi connectivity index (χ1v) is 7.12. The van der Waals surface area contributed by atoms with Gasteiger partial charge in [0.25, 0.3) is 5.92 Å². The van der Waals surface area contributed by atoms with Gasteiger partial charge in [0.15, 0.2) is 0 Å². The van der Waals surface area contributed by atoms with Crippen molar-refractivity contribution in [1.82, 2.24) is 4.90 Å². The molecule has 1 aromatic rings. The smallest absolute Gasteiger partial charge is 0.356 e. The number of rotatable bonds is 4. The number of nitrogens with zero attached hydrogens (tertiary/aromatic N) is 1. The van der Waals surface area contributed by atoms with Crippen LogP contribution in [0.3, 0.4) is 0 Å². The van der Waals surface area contributed by atoms with Gasteiger partial charge in [0.2, 0.25) is 0 Å². The van der Waals surface area contributed by atoms with Gasteiger partial charge < -0.3 is 15.4 Å². The van der Waals surface area contributed by atoms with Crippen LogP contribution in [0.1, 0.15) is 31.0 Å². The van der Waals surface area contributed by atoms with Crippen LogP contribution in [0, 0.1) is 5.41 Å². The molecule has 1 atom stereocenters. The number of carbonyl (C=O) groups is 1. The number of nitrogens with two attached hydrogens (primary N) is 1. The highest BCUT2D eigenvalue weighted by Gasteiger charge is 2.61. The Kier molecular flexibility index (Phi) is 4.20. The van der Waals surface area contributed by atoms with E-state index in [-0.39, 0.29) is 11.3 Å². The van der Waals surface area contributed by atoms with Crippen molar-refractivity contribution in [3.05, 3.63) is 60.1 Å². The van der Waals surface area contributed by atoms with Crippen molar-refractivity contribution in [3.8, 4) is 0 Å². The molecular formula is C17H20F2N2O2. The topological polar surface area (TPSA) is 55.6 Å². The Labute approximate surface area is 134 Å². The number of esters is 1. The summed E-state index contributed by atoms with van der Waals surface area (Å²) >= 11 is 0. The number of alkyl halides is 2. The molecule has 124 valence electrons. The number of carbonyl (C=O) groups excluding carboxylic acids is 1. The van der Waals surface area contributed by atoms with Gasteiger partial charge in [0.05, 0.1) is 18.6 Å². The van der Waals surface area contributed by atoms with Crippen LogP contribution in [-0.2, 0) is 15.5 Å². The van der Waals surface area contributed by atoms with E-state index in [1.54, 1.807) is 18.2 Å². The van der Waals surface area contributed by atoms with Crippen LogP contribution in [0.2, 0.25) is 0 Å². The van der Waals surface area contributed by atoms with E-state index in [2.05, 4.69) is 11.3 Å². The second-order valence-electron chi connectivity index (χ2n) is 5.92. The molecule has 0 spiro atoms. The molecule has 0 aliphatic heterocycles. The van der Waals surface area contributed by atoms with Gasteiger partial charge in [-0.2, -0.15) is 0 Å². The third kappa shape index (κ3) is 2.29. The monoisotopic (exact) mass is 322 g/mol. The predicted octanol–water partition coefficient (Wildman–Crippen LogP) is 3.28. The molecule has 4 nitrogen and oxygen atoms in total. The Balaban J connectivity index is 2.65. The number of ether oxygens (including phenoxy) is 1. The van der Waals surface area contributed by atoms with E-state index in [1.807, 2.05) is 0 Å². The molecule has 0 bridgehead atoms. The number of methoxy groups -OCH3 is 1. The summed E-state index contributed by atoms with van der Waals surface area (Å²) in [5.74, 6) is -3.78. The average Bonchev–Trinajstić information content (AvgIpc) is 2.68. The molecule has 2 N–H and O–H groups in total. The van der Waals surface area contributed by atoms with E-state index < -0.39 is 23.3 Å². The lowest BCUT2D eigenvalue weighted by Gasteiger charge is -2.39. The van der Waals surface area contributed by atoms with Gasteiger partial charge in [-0.1, -0.05) is 44.7 Å². The fourth-order valence-electron chi connectivity index (χ4n) is 3.13. The van der Waals surface area contributed by atoms with Crippen LogP contribution in [0.4, 0.5) is 8.78 Å². The molecule has 1 aliphatic carbocycles. The zero-order chi connectivity index (χ0) is 17.4. The van der Waals surface area contributed by atoms with Crippen molar-refractivity contribution in [2.45, 2.75) is 25.8 Å². The summed E-state index contributed by atoms with van der Waals surface area (Å²) in [6, 6.07) is 5.49.